The third-order valence-corrected chi connectivity index (χ3v) is 7.43. The second-order valence-electron chi connectivity index (χ2n) is 8.97. The normalized spacial score (nSPS) is 13.5. The molecule has 1 fully saturated rings. The number of carbonyl (C=O) groups excluding carboxylic acids is 1. The Bertz CT molecular complexity index is 1300. The number of sulfonamides is 1. The average molecular weight is 605 g/mol. The lowest BCUT2D eigenvalue weighted by Gasteiger charge is -2.31. The van der Waals surface area contributed by atoms with Crippen molar-refractivity contribution in [2.45, 2.75) is 30.8 Å². The monoisotopic (exact) mass is 604 g/mol. The van der Waals surface area contributed by atoms with Crippen LogP contribution in [-0.2, 0) is 14.8 Å². The largest absolute Gasteiger partial charge is 0.497 e. The highest BCUT2D eigenvalue weighted by Crippen LogP contribution is 2.34. The van der Waals surface area contributed by atoms with Gasteiger partial charge in [0.15, 0.2) is 0 Å². The first kappa shape index (κ1) is 33.5. The van der Waals surface area contributed by atoms with Crippen LogP contribution in [0.5, 0.6) is 11.5 Å². The third-order valence-electron chi connectivity index (χ3n) is 6.04. The van der Waals surface area contributed by atoms with Crippen molar-refractivity contribution < 1.29 is 45.8 Å². The van der Waals surface area contributed by atoms with Crippen LogP contribution in [0, 0.1) is 0 Å². The summed E-state index contributed by atoms with van der Waals surface area (Å²) in [4.78, 5) is 25.6. The van der Waals surface area contributed by atoms with Crippen LogP contribution in [0.4, 0.5) is 24.5 Å². The summed E-state index contributed by atoms with van der Waals surface area (Å²) in [5.74, 6) is -2.32. The highest BCUT2D eigenvalue weighted by Gasteiger charge is 2.38. The van der Waals surface area contributed by atoms with Crippen LogP contribution >= 0.6 is 0 Å². The van der Waals surface area contributed by atoms with Crippen molar-refractivity contribution in [1.29, 1.82) is 0 Å². The molecule has 3 N–H and O–H groups in total. The highest BCUT2D eigenvalue weighted by molar-refractivity contribution is 7.92. The first-order chi connectivity index (χ1) is 19.2. The topological polar surface area (TPSA) is 138 Å². The molecule has 1 heterocycles. The number of rotatable bonds is 10. The molecule has 0 atom stereocenters. The van der Waals surface area contributed by atoms with Gasteiger partial charge in [-0.3, -0.25) is 9.52 Å². The molecule has 1 amide bonds. The number of carbonyl (C=O) groups is 2. The zero-order valence-electron chi connectivity index (χ0n) is 23.2. The van der Waals surface area contributed by atoms with Gasteiger partial charge in [0, 0.05) is 51.4 Å². The summed E-state index contributed by atoms with van der Waals surface area (Å²) in [5, 5.41) is 10.4. The number of aliphatic carboxylic acids is 1. The van der Waals surface area contributed by atoms with Crippen LogP contribution < -0.4 is 24.4 Å². The van der Waals surface area contributed by atoms with Crippen molar-refractivity contribution in [3.8, 4) is 11.5 Å². The number of alkyl halides is 3. The molecule has 41 heavy (non-hydrogen) atoms. The zero-order chi connectivity index (χ0) is 30.8. The molecule has 0 saturated carbocycles. The number of carboxylic acids is 1. The molecular weight excluding hydrogens is 569 g/mol. The SMILES string of the molecule is CCCCN(C)C(=O)c1ccc(N2CCNCC2)c(NS(=O)(=O)c2cc(OC)ccc2OC)c1.O=C(O)C(F)(F)F. The fourth-order valence-electron chi connectivity index (χ4n) is 3.84. The summed E-state index contributed by atoms with van der Waals surface area (Å²) in [7, 11) is 0.594. The van der Waals surface area contributed by atoms with Gasteiger partial charge in [-0.1, -0.05) is 13.3 Å². The number of halogens is 3. The Kier molecular flexibility index (Phi) is 12.1. The van der Waals surface area contributed by atoms with Crippen molar-refractivity contribution >= 4 is 33.3 Å². The molecular formula is C26H35F3N4O7S. The minimum atomic E-state index is -5.08. The van der Waals surface area contributed by atoms with Crippen LogP contribution in [0.1, 0.15) is 30.1 Å². The molecule has 0 aromatic heterocycles. The first-order valence-corrected chi connectivity index (χ1v) is 14.1. The molecule has 0 radical (unpaired) electrons. The molecule has 228 valence electrons. The van der Waals surface area contributed by atoms with E-state index in [4.69, 9.17) is 19.4 Å². The van der Waals surface area contributed by atoms with E-state index in [0.717, 1.165) is 44.7 Å². The number of benzene rings is 2. The van der Waals surface area contributed by atoms with Crippen molar-refractivity contribution in [2.24, 2.45) is 0 Å². The number of nitrogens with one attached hydrogen (secondary N) is 2. The fourth-order valence-corrected chi connectivity index (χ4v) is 5.09. The Morgan fingerprint density at radius 2 is 1.73 bits per heavy atom. The summed E-state index contributed by atoms with van der Waals surface area (Å²) in [6.45, 7) is 5.73. The van der Waals surface area contributed by atoms with Gasteiger partial charge in [-0.25, -0.2) is 13.2 Å². The molecule has 1 aliphatic rings. The van der Waals surface area contributed by atoms with E-state index in [1.165, 1.54) is 20.3 Å². The van der Waals surface area contributed by atoms with Gasteiger partial charge < -0.3 is 29.7 Å². The smallest absolute Gasteiger partial charge is 0.490 e. The average Bonchev–Trinajstić information content (AvgIpc) is 2.95. The molecule has 0 spiro atoms. The Labute approximate surface area is 237 Å². The number of piperazine rings is 1. The minimum absolute atomic E-state index is 0.0441. The van der Waals surface area contributed by atoms with Crippen LogP contribution in [0.2, 0.25) is 0 Å². The van der Waals surface area contributed by atoms with E-state index in [1.807, 2.05) is 6.07 Å². The van der Waals surface area contributed by atoms with E-state index in [1.54, 1.807) is 36.2 Å². The minimum Gasteiger partial charge on any atom is -0.497 e. The molecule has 1 saturated heterocycles. The van der Waals surface area contributed by atoms with Crippen LogP contribution in [0.25, 0.3) is 0 Å². The van der Waals surface area contributed by atoms with Crippen LogP contribution in [0.3, 0.4) is 0 Å². The van der Waals surface area contributed by atoms with Crippen molar-refractivity contribution in [3.63, 3.8) is 0 Å². The number of ether oxygens (including phenoxy) is 2. The number of hydrogen-bond acceptors (Lipinski definition) is 8. The summed E-state index contributed by atoms with van der Waals surface area (Å²) >= 11 is 0. The Hall–Kier alpha value is -3.72. The number of carboxylic acid groups (broad SMARTS) is 1. The maximum Gasteiger partial charge on any atom is 0.490 e. The van der Waals surface area contributed by atoms with E-state index in [9.17, 15) is 26.4 Å². The Balaban J connectivity index is 0.000000745. The molecule has 0 bridgehead atoms. The predicted molar refractivity (Wildman–Crippen MR) is 147 cm³/mol. The summed E-state index contributed by atoms with van der Waals surface area (Å²) < 4.78 is 71.9. The lowest BCUT2D eigenvalue weighted by atomic mass is 10.1. The van der Waals surface area contributed by atoms with Gasteiger partial charge in [0.2, 0.25) is 0 Å². The third kappa shape index (κ3) is 9.42. The maximum absolute atomic E-state index is 13.5. The Morgan fingerprint density at radius 1 is 1.10 bits per heavy atom. The number of nitrogens with zero attached hydrogens (tertiary/aromatic N) is 2. The van der Waals surface area contributed by atoms with Crippen molar-refractivity contribution in [1.82, 2.24) is 10.2 Å². The number of methoxy groups -OCH3 is 2. The van der Waals surface area contributed by atoms with Gasteiger partial charge in [-0.15, -0.1) is 0 Å². The molecule has 11 nitrogen and oxygen atoms in total. The molecule has 3 rings (SSSR count). The predicted octanol–water partition coefficient (Wildman–Crippen LogP) is 3.42. The maximum atomic E-state index is 13.5. The Morgan fingerprint density at radius 3 is 2.27 bits per heavy atom. The van der Waals surface area contributed by atoms with Crippen LogP contribution in [-0.4, -0.2) is 90.5 Å². The number of unbranched alkanes of at least 4 members (excludes halogenated alkanes) is 1. The second kappa shape index (κ2) is 14.8. The molecule has 0 unspecified atom stereocenters. The van der Waals surface area contributed by atoms with Gasteiger partial charge >= 0.3 is 12.1 Å². The summed E-state index contributed by atoms with van der Waals surface area (Å²) in [6.07, 6.45) is -3.21. The van der Waals surface area contributed by atoms with E-state index < -0.39 is 22.2 Å². The number of hydrogen-bond donors (Lipinski definition) is 3. The van der Waals surface area contributed by atoms with Gasteiger partial charge in [0.25, 0.3) is 15.9 Å². The fraction of sp³-hybridized carbons (Fsp3) is 0.462. The number of amides is 1. The summed E-state index contributed by atoms with van der Waals surface area (Å²) in [6, 6.07) is 9.78. The van der Waals surface area contributed by atoms with Gasteiger partial charge in [-0.2, -0.15) is 13.2 Å². The van der Waals surface area contributed by atoms with Crippen LogP contribution in [0.15, 0.2) is 41.3 Å². The molecule has 1 aliphatic heterocycles. The standard InChI is InChI=1S/C24H34N4O5S.C2HF3O2/c1-5-6-13-27(2)24(29)18-7-9-21(28-14-11-25-12-15-28)20(16-18)26-34(30,31)23-17-19(32-3)8-10-22(23)33-4;3-2(4,5)1(6)7/h7-10,16-17,25-26H,5-6,11-15H2,1-4H3;(H,6,7). The van der Waals surface area contributed by atoms with E-state index >= 15 is 0 Å². The van der Waals surface area contributed by atoms with Gasteiger partial charge in [-0.05, 0) is 36.8 Å². The summed E-state index contributed by atoms with van der Waals surface area (Å²) in [5.41, 5.74) is 1.49. The van der Waals surface area contributed by atoms with E-state index in [-0.39, 0.29) is 16.6 Å². The second-order valence-corrected chi connectivity index (χ2v) is 10.6. The molecule has 15 heteroatoms. The lowest BCUT2D eigenvalue weighted by Crippen LogP contribution is -2.43. The number of anilines is 2. The first-order valence-electron chi connectivity index (χ1n) is 12.6. The van der Waals surface area contributed by atoms with Gasteiger partial charge in [0.1, 0.15) is 16.4 Å². The zero-order valence-corrected chi connectivity index (χ0v) is 24.1. The molecule has 2 aromatic rings. The lowest BCUT2D eigenvalue weighted by molar-refractivity contribution is -0.192. The van der Waals surface area contributed by atoms with E-state index in [2.05, 4.69) is 21.9 Å². The van der Waals surface area contributed by atoms with Gasteiger partial charge in [0.05, 0.1) is 25.6 Å². The molecule has 2 aromatic carbocycles. The quantitative estimate of drug-likeness (QED) is 0.373. The highest BCUT2D eigenvalue weighted by atomic mass is 32.2. The van der Waals surface area contributed by atoms with E-state index in [0.29, 0.717) is 23.5 Å². The van der Waals surface area contributed by atoms with Crippen molar-refractivity contribution in [2.75, 3.05) is 63.6 Å². The van der Waals surface area contributed by atoms with Crippen molar-refractivity contribution in [3.05, 3.63) is 42.0 Å². The molecule has 0 aliphatic carbocycles.